The fraction of sp³-hybridized carbons (Fsp3) is 0.435. The van der Waals surface area contributed by atoms with Gasteiger partial charge in [0.2, 0.25) is 11.8 Å². The van der Waals surface area contributed by atoms with Crippen LogP contribution in [0.3, 0.4) is 0 Å². The SMILES string of the molecule is C=C(Cl)C(=O)N1CCN(c2ncnc3c(F)c(-c4c(F)cccc4OCCCCCCCN4CCCC(c5cc6c(cc5F)C(=O)N(C5CCC(=O)NC5=O)C6)C4)c(Cl)cc23)CC1. The molecular formula is C46H48Cl2F3N7O5. The number of nitrogens with one attached hydrogen (secondary N) is 1. The standard InChI is InChI=1S/C46H48Cl2F3N7O5/c1-27(47)45(61)57-18-16-56(17-19-57)43-32-22-33(48)39(41(51)42(32)52-26-53-43)40-34(49)10-7-11-37(40)63-20-6-4-2-3-5-14-55-15-8-9-28(24-55)30-21-29-25-58(46(62)31(29)23-35(30)50)36-12-13-38(59)54-44(36)60/h7,10-11,21-23,26,28,36H,1-6,8-9,12-20,24-25H2,(H,54,59,60). The fourth-order valence-corrected chi connectivity index (χ4v) is 9.75. The van der Waals surface area contributed by atoms with Crippen LogP contribution in [0, 0.1) is 17.5 Å². The summed E-state index contributed by atoms with van der Waals surface area (Å²) in [6.45, 7) is 8.09. The first-order valence-corrected chi connectivity index (χ1v) is 22.3. The van der Waals surface area contributed by atoms with Gasteiger partial charge >= 0.3 is 0 Å². The number of ether oxygens (including phenoxy) is 1. The van der Waals surface area contributed by atoms with E-state index in [9.17, 15) is 19.2 Å². The number of aromatic nitrogens is 2. The lowest BCUT2D eigenvalue weighted by Gasteiger charge is -2.35. The molecule has 1 N–H and O–H groups in total. The van der Waals surface area contributed by atoms with Crippen molar-refractivity contribution in [1.29, 1.82) is 0 Å². The summed E-state index contributed by atoms with van der Waals surface area (Å²) in [7, 11) is 0. The Balaban J connectivity index is 0.817. The van der Waals surface area contributed by atoms with E-state index in [2.05, 4.69) is 26.8 Å². The first-order chi connectivity index (χ1) is 30.4. The largest absolute Gasteiger partial charge is 0.493 e. The molecule has 4 aromatic rings. The highest BCUT2D eigenvalue weighted by atomic mass is 35.5. The topological polar surface area (TPSA) is 128 Å². The summed E-state index contributed by atoms with van der Waals surface area (Å²) in [6.07, 6.45) is 7.91. The molecule has 17 heteroatoms. The van der Waals surface area contributed by atoms with Crippen LogP contribution in [0.1, 0.15) is 85.2 Å². The molecule has 0 saturated carbocycles. The van der Waals surface area contributed by atoms with E-state index >= 15 is 13.2 Å². The van der Waals surface area contributed by atoms with Crippen molar-refractivity contribution in [1.82, 2.24) is 30.0 Å². The van der Waals surface area contributed by atoms with Gasteiger partial charge in [-0.15, -0.1) is 0 Å². The Kier molecular flexibility index (Phi) is 13.5. The van der Waals surface area contributed by atoms with Crippen LogP contribution in [0.5, 0.6) is 5.75 Å². The summed E-state index contributed by atoms with van der Waals surface area (Å²) in [5.41, 5.74) is 1.34. The molecule has 0 bridgehead atoms. The van der Waals surface area contributed by atoms with E-state index in [1.54, 1.807) is 17.0 Å². The maximum absolute atomic E-state index is 16.4. The summed E-state index contributed by atoms with van der Waals surface area (Å²) in [4.78, 5) is 65.5. The van der Waals surface area contributed by atoms with Crippen molar-refractivity contribution in [2.75, 3.05) is 57.3 Å². The minimum absolute atomic E-state index is 0.0128. The van der Waals surface area contributed by atoms with Crippen LogP contribution in [-0.4, -0.2) is 107 Å². The van der Waals surface area contributed by atoms with Crippen molar-refractivity contribution < 1.29 is 37.1 Å². The van der Waals surface area contributed by atoms with Gasteiger partial charge in [0.1, 0.15) is 41.1 Å². The highest BCUT2D eigenvalue weighted by molar-refractivity contribution is 6.41. The van der Waals surface area contributed by atoms with Crippen LogP contribution in [0.4, 0.5) is 19.0 Å². The molecule has 8 rings (SSSR count). The molecule has 12 nitrogen and oxygen atoms in total. The summed E-state index contributed by atoms with van der Waals surface area (Å²) in [5.74, 6) is -2.85. The zero-order valence-corrected chi connectivity index (χ0v) is 36.3. The predicted molar refractivity (Wildman–Crippen MR) is 233 cm³/mol. The second-order valence-electron chi connectivity index (χ2n) is 16.6. The maximum atomic E-state index is 16.4. The third-order valence-corrected chi connectivity index (χ3v) is 13.0. The molecule has 2 unspecified atom stereocenters. The number of carbonyl (C=O) groups excluding carboxylic acids is 4. The highest BCUT2D eigenvalue weighted by Crippen LogP contribution is 2.43. The number of carbonyl (C=O) groups is 4. The lowest BCUT2D eigenvalue weighted by Crippen LogP contribution is -2.52. The van der Waals surface area contributed by atoms with Crippen LogP contribution in [0.2, 0.25) is 5.02 Å². The number of likely N-dealkylation sites (tertiary alicyclic amines) is 1. The molecule has 0 spiro atoms. The number of anilines is 1. The van der Waals surface area contributed by atoms with E-state index in [1.807, 2.05) is 4.90 Å². The van der Waals surface area contributed by atoms with Gasteiger partial charge in [-0.25, -0.2) is 23.1 Å². The number of nitrogens with zero attached hydrogens (tertiary/aromatic N) is 6. The predicted octanol–water partition coefficient (Wildman–Crippen LogP) is 7.74. The quantitative estimate of drug-likeness (QED) is 0.0768. The van der Waals surface area contributed by atoms with Gasteiger partial charge < -0.3 is 24.3 Å². The highest BCUT2D eigenvalue weighted by Gasteiger charge is 2.40. The van der Waals surface area contributed by atoms with E-state index < -0.39 is 29.4 Å². The van der Waals surface area contributed by atoms with Crippen molar-refractivity contribution in [3.8, 4) is 16.9 Å². The Labute approximate surface area is 373 Å². The van der Waals surface area contributed by atoms with Gasteiger partial charge in [0.05, 0.1) is 22.2 Å². The third kappa shape index (κ3) is 9.37. The van der Waals surface area contributed by atoms with E-state index in [0.29, 0.717) is 61.5 Å². The molecule has 2 atom stereocenters. The second-order valence-corrected chi connectivity index (χ2v) is 17.5. The smallest absolute Gasteiger partial charge is 0.264 e. The van der Waals surface area contributed by atoms with E-state index in [-0.39, 0.29) is 87.6 Å². The Morgan fingerprint density at radius 3 is 2.48 bits per heavy atom. The molecule has 5 heterocycles. The van der Waals surface area contributed by atoms with Gasteiger partial charge in [-0.2, -0.15) is 0 Å². The van der Waals surface area contributed by atoms with Gasteiger partial charge in [-0.05, 0) is 92.6 Å². The number of piperazine rings is 1. The lowest BCUT2D eigenvalue weighted by atomic mass is 9.88. The molecule has 4 amide bonds. The van der Waals surface area contributed by atoms with Crippen molar-refractivity contribution in [2.24, 2.45) is 0 Å². The minimum Gasteiger partial charge on any atom is -0.493 e. The average molecular weight is 907 g/mol. The molecule has 0 aliphatic carbocycles. The molecule has 4 aliphatic rings. The van der Waals surface area contributed by atoms with Crippen LogP contribution in [0.15, 0.2) is 54.3 Å². The first kappa shape index (κ1) is 44.4. The number of halogens is 5. The maximum Gasteiger partial charge on any atom is 0.264 e. The van der Waals surface area contributed by atoms with Crippen LogP contribution >= 0.6 is 23.2 Å². The van der Waals surface area contributed by atoms with Crippen molar-refractivity contribution in [2.45, 2.75) is 76.3 Å². The number of unbranched alkanes of at least 4 members (excludes halogenated alkanes) is 4. The molecule has 0 radical (unpaired) electrons. The van der Waals surface area contributed by atoms with Crippen LogP contribution in [-0.2, 0) is 20.9 Å². The Hall–Kier alpha value is -5.25. The monoisotopic (exact) mass is 905 g/mol. The number of imide groups is 1. The van der Waals surface area contributed by atoms with E-state index in [0.717, 1.165) is 51.6 Å². The number of piperidine rings is 2. The summed E-state index contributed by atoms with van der Waals surface area (Å²) < 4.78 is 53.6. The number of hydrogen-bond acceptors (Lipinski definition) is 9. The normalized spacial score (nSPS) is 19.4. The van der Waals surface area contributed by atoms with Crippen molar-refractivity contribution in [3.05, 3.63) is 93.5 Å². The molecule has 1 aromatic heterocycles. The van der Waals surface area contributed by atoms with Gasteiger partial charge in [0.25, 0.3) is 11.8 Å². The first-order valence-electron chi connectivity index (χ1n) is 21.5. The second kappa shape index (κ2) is 19.2. The number of benzene rings is 3. The molecule has 3 saturated heterocycles. The van der Waals surface area contributed by atoms with Crippen molar-refractivity contribution in [3.63, 3.8) is 0 Å². The number of fused-ring (bicyclic) bond motifs is 2. The van der Waals surface area contributed by atoms with Crippen LogP contribution in [0.25, 0.3) is 22.0 Å². The molecule has 3 aromatic carbocycles. The zero-order chi connectivity index (χ0) is 44.4. The minimum atomic E-state index is -0.796. The van der Waals surface area contributed by atoms with E-state index in [4.69, 9.17) is 27.9 Å². The zero-order valence-electron chi connectivity index (χ0n) is 34.7. The van der Waals surface area contributed by atoms with Crippen molar-refractivity contribution >= 4 is 63.6 Å². The Morgan fingerprint density at radius 2 is 1.70 bits per heavy atom. The summed E-state index contributed by atoms with van der Waals surface area (Å²) >= 11 is 12.5. The Bertz CT molecular complexity index is 2470. The fourth-order valence-electron chi connectivity index (χ4n) is 9.34. The van der Waals surface area contributed by atoms with Crippen LogP contribution < -0.4 is 15.0 Å². The summed E-state index contributed by atoms with van der Waals surface area (Å²) in [5, 5.41) is 2.58. The van der Waals surface area contributed by atoms with Gasteiger partial charge in [0.15, 0.2) is 5.82 Å². The molecule has 4 aliphatic heterocycles. The molecule has 3 fully saturated rings. The van der Waals surface area contributed by atoms with E-state index in [1.165, 1.54) is 35.5 Å². The average Bonchev–Trinajstić information content (AvgIpc) is 3.58. The number of hydrogen-bond donors (Lipinski definition) is 1. The molecule has 332 valence electrons. The third-order valence-electron chi connectivity index (χ3n) is 12.6. The number of rotatable bonds is 14. The molecule has 63 heavy (non-hydrogen) atoms. The van der Waals surface area contributed by atoms with Gasteiger partial charge in [0, 0.05) is 62.2 Å². The lowest BCUT2D eigenvalue weighted by molar-refractivity contribution is -0.137. The number of amides is 4. The Morgan fingerprint density at radius 1 is 0.921 bits per heavy atom. The summed E-state index contributed by atoms with van der Waals surface area (Å²) in [6, 6.07) is 8.25. The molecular weight excluding hydrogens is 858 g/mol. The van der Waals surface area contributed by atoms with Gasteiger partial charge in [-0.1, -0.05) is 55.1 Å². The van der Waals surface area contributed by atoms with Gasteiger partial charge in [-0.3, -0.25) is 24.5 Å².